The Labute approximate surface area is 129 Å². The molecule has 1 heterocycles. The molecule has 0 spiro atoms. The summed E-state index contributed by atoms with van der Waals surface area (Å²) in [6.45, 7) is 0. The first-order valence-corrected chi connectivity index (χ1v) is 6.61. The Balaban J connectivity index is 2.01. The summed E-state index contributed by atoms with van der Waals surface area (Å²) >= 11 is 0. The van der Waals surface area contributed by atoms with E-state index in [1.165, 1.54) is 29.2 Å². The van der Waals surface area contributed by atoms with E-state index in [9.17, 15) is 19.1 Å². The number of benzene rings is 2. The maximum atomic E-state index is 13.3. The summed E-state index contributed by atoms with van der Waals surface area (Å²) in [4.78, 5) is 0. The van der Waals surface area contributed by atoms with Gasteiger partial charge in [0.2, 0.25) is 0 Å². The van der Waals surface area contributed by atoms with Crippen molar-refractivity contribution in [3.05, 3.63) is 77.6 Å². The minimum absolute atomic E-state index is 0.0547. The van der Waals surface area contributed by atoms with Gasteiger partial charge in [-0.3, -0.25) is 0 Å². The standard InChI is InChI=1S/C16H11F2N3O2/c17-13-6-5-11(7-14(13)18)21-9-10(8-19-21)16(20-23)12-3-1-2-4-15(12)22/h1-9,22-23H/b20-16-. The van der Waals surface area contributed by atoms with Gasteiger partial charge in [-0.15, -0.1) is 0 Å². The zero-order chi connectivity index (χ0) is 16.4. The van der Waals surface area contributed by atoms with Gasteiger partial charge in [0.25, 0.3) is 0 Å². The number of hydrogen-bond donors (Lipinski definition) is 2. The SMILES string of the molecule is O/N=C(/c1cnn(-c2ccc(F)c(F)c2)c1)c1ccccc1O. The topological polar surface area (TPSA) is 70.6 Å². The number of hydrogen-bond acceptors (Lipinski definition) is 4. The van der Waals surface area contributed by atoms with E-state index in [4.69, 9.17) is 0 Å². The fourth-order valence-corrected chi connectivity index (χ4v) is 2.15. The predicted octanol–water partition coefficient (Wildman–Crippen LogP) is 3.08. The van der Waals surface area contributed by atoms with Crippen molar-refractivity contribution < 1.29 is 19.1 Å². The van der Waals surface area contributed by atoms with Crippen LogP contribution in [-0.2, 0) is 0 Å². The fraction of sp³-hybridized carbons (Fsp3) is 0. The second-order valence-electron chi connectivity index (χ2n) is 4.74. The molecule has 0 aliphatic heterocycles. The molecule has 116 valence electrons. The zero-order valence-electron chi connectivity index (χ0n) is 11.7. The van der Waals surface area contributed by atoms with Crippen LogP contribution in [0, 0.1) is 11.6 Å². The van der Waals surface area contributed by atoms with Gasteiger partial charge in [-0.05, 0) is 24.3 Å². The van der Waals surface area contributed by atoms with Gasteiger partial charge in [0.05, 0.1) is 11.9 Å². The average molecular weight is 315 g/mol. The number of nitrogens with zero attached hydrogens (tertiary/aromatic N) is 3. The van der Waals surface area contributed by atoms with Gasteiger partial charge in [0.15, 0.2) is 11.6 Å². The monoisotopic (exact) mass is 315 g/mol. The maximum Gasteiger partial charge on any atom is 0.160 e. The minimum atomic E-state index is -0.990. The van der Waals surface area contributed by atoms with E-state index >= 15 is 0 Å². The van der Waals surface area contributed by atoms with E-state index in [1.807, 2.05) is 0 Å². The molecule has 2 aromatic carbocycles. The Kier molecular flexibility index (Phi) is 3.76. The van der Waals surface area contributed by atoms with Crippen molar-refractivity contribution in [2.75, 3.05) is 0 Å². The van der Waals surface area contributed by atoms with Gasteiger partial charge in [-0.2, -0.15) is 5.10 Å². The summed E-state index contributed by atoms with van der Waals surface area (Å²) in [5, 5.41) is 26.3. The van der Waals surface area contributed by atoms with Crippen molar-refractivity contribution in [2.24, 2.45) is 5.16 Å². The first kappa shape index (κ1) is 14.7. The Hall–Kier alpha value is -3.22. The molecule has 5 nitrogen and oxygen atoms in total. The van der Waals surface area contributed by atoms with Crippen LogP contribution < -0.4 is 0 Å². The molecule has 1 aromatic heterocycles. The Bertz CT molecular complexity index is 891. The Morgan fingerprint density at radius 1 is 1.09 bits per heavy atom. The smallest absolute Gasteiger partial charge is 0.160 e. The van der Waals surface area contributed by atoms with E-state index < -0.39 is 11.6 Å². The number of phenolic OH excluding ortho intramolecular Hbond substituents is 1. The summed E-state index contributed by atoms with van der Waals surface area (Å²) < 4.78 is 27.6. The molecule has 0 fully saturated rings. The fourth-order valence-electron chi connectivity index (χ4n) is 2.15. The molecule has 0 saturated carbocycles. The number of aromatic nitrogens is 2. The second-order valence-corrected chi connectivity index (χ2v) is 4.74. The van der Waals surface area contributed by atoms with Crippen LogP contribution in [0.1, 0.15) is 11.1 Å². The van der Waals surface area contributed by atoms with E-state index in [0.717, 1.165) is 12.1 Å². The quantitative estimate of drug-likeness (QED) is 0.443. The zero-order valence-corrected chi connectivity index (χ0v) is 11.7. The summed E-state index contributed by atoms with van der Waals surface area (Å²) in [5.74, 6) is -2.00. The highest BCUT2D eigenvalue weighted by atomic mass is 19.2. The first-order chi connectivity index (χ1) is 11.1. The molecule has 0 radical (unpaired) electrons. The number of phenols is 1. The van der Waals surface area contributed by atoms with E-state index in [-0.39, 0.29) is 11.5 Å². The van der Waals surface area contributed by atoms with Crippen molar-refractivity contribution >= 4 is 5.71 Å². The summed E-state index contributed by atoms with van der Waals surface area (Å²) in [7, 11) is 0. The maximum absolute atomic E-state index is 13.3. The highest BCUT2D eigenvalue weighted by molar-refractivity contribution is 6.13. The molecular formula is C16H11F2N3O2. The molecule has 0 atom stereocenters. The lowest BCUT2D eigenvalue weighted by atomic mass is 10.0. The van der Waals surface area contributed by atoms with Crippen LogP contribution in [0.3, 0.4) is 0 Å². The molecule has 0 unspecified atom stereocenters. The molecule has 23 heavy (non-hydrogen) atoms. The average Bonchev–Trinajstić information content (AvgIpc) is 3.02. The largest absolute Gasteiger partial charge is 0.507 e. The first-order valence-electron chi connectivity index (χ1n) is 6.61. The third kappa shape index (κ3) is 2.76. The van der Waals surface area contributed by atoms with Crippen molar-refractivity contribution in [2.45, 2.75) is 0 Å². The normalized spacial score (nSPS) is 11.7. The lowest BCUT2D eigenvalue weighted by Crippen LogP contribution is -2.03. The molecule has 3 rings (SSSR count). The molecular weight excluding hydrogens is 304 g/mol. The highest BCUT2D eigenvalue weighted by Gasteiger charge is 2.15. The van der Waals surface area contributed by atoms with Crippen LogP contribution in [0.25, 0.3) is 5.69 Å². The number of aromatic hydroxyl groups is 1. The van der Waals surface area contributed by atoms with E-state index in [0.29, 0.717) is 16.8 Å². The molecule has 0 amide bonds. The summed E-state index contributed by atoms with van der Waals surface area (Å²) in [6.07, 6.45) is 2.87. The van der Waals surface area contributed by atoms with Gasteiger partial charge in [-0.25, -0.2) is 13.5 Å². The van der Waals surface area contributed by atoms with Gasteiger partial charge >= 0.3 is 0 Å². The van der Waals surface area contributed by atoms with Crippen LogP contribution in [0.5, 0.6) is 5.75 Å². The van der Waals surface area contributed by atoms with Gasteiger partial charge in [0, 0.05) is 23.4 Å². The van der Waals surface area contributed by atoms with Crippen LogP contribution in [0.15, 0.2) is 60.0 Å². The van der Waals surface area contributed by atoms with E-state index in [1.54, 1.807) is 18.2 Å². The van der Waals surface area contributed by atoms with Gasteiger partial charge in [0.1, 0.15) is 11.5 Å². The Morgan fingerprint density at radius 3 is 2.57 bits per heavy atom. The summed E-state index contributed by atoms with van der Waals surface area (Å²) in [6, 6.07) is 9.72. The molecule has 0 aliphatic carbocycles. The van der Waals surface area contributed by atoms with Crippen LogP contribution in [0.2, 0.25) is 0 Å². The molecule has 2 N–H and O–H groups in total. The molecule has 0 saturated heterocycles. The minimum Gasteiger partial charge on any atom is -0.507 e. The number of halogens is 2. The third-order valence-electron chi connectivity index (χ3n) is 3.28. The van der Waals surface area contributed by atoms with Crippen molar-refractivity contribution in [1.82, 2.24) is 9.78 Å². The lowest BCUT2D eigenvalue weighted by Gasteiger charge is -2.04. The van der Waals surface area contributed by atoms with E-state index in [2.05, 4.69) is 10.3 Å². The van der Waals surface area contributed by atoms with Crippen molar-refractivity contribution in [3.8, 4) is 11.4 Å². The lowest BCUT2D eigenvalue weighted by molar-refractivity contribution is 0.319. The Morgan fingerprint density at radius 2 is 1.87 bits per heavy atom. The highest BCUT2D eigenvalue weighted by Crippen LogP contribution is 2.21. The number of rotatable bonds is 3. The van der Waals surface area contributed by atoms with Gasteiger partial charge < -0.3 is 10.3 Å². The second kappa shape index (κ2) is 5.88. The summed E-state index contributed by atoms with van der Waals surface area (Å²) in [5.41, 5.74) is 1.14. The third-order valence-corrected chi connectivity index (χ3v) is 3.28. The van der Waals surface area contributed by atoms with Gasteiger partial charge in [-0.1, -0.05) is 17.3 Å². The van der Waals surface area contributed by atoms with Crippen LogP contribution in [-0.4, -0.2) is 25.8 Å². The molecule has 0 aliphatic rings. The van der Waals surface area contributed by atoms with Crippen molar-refractivity contribution in [3.63, 3.8) is 0 Å². The predicted molar refractivity (Wildman–Crippen MR) is 79.0 cm³/mol. The van der Waals surface area contributed by atoms with Crippen molar-refractivity contribution in [1.29, 1.82) is 0 Å². The number of para-hydroxylation sites is 1. The number of oxime groups is 1. The molecule has 0 bridgehead atoms. The van der Waals surface area contributed by atoms with Crippen LogP contribution >= 0.6 is 0 Å². The molecule has 7 heteroatoms. The van der Waals surface area contributed by atoms with Crippen LogP contribution in [0.4, 0.5) is 8.78 Å². The molecule has 3 aromatic rings.